The Morgan fingerprint density at radius 2 is 2.05 bits per heavy atom. The third-order valence-corrected chi connectivity index (χ3v) is 3.90. The van der Waals surface area contributed by atoms with Gasteiger partial charge in [-0.25, -0.2) is 8.78 Å². The van der Waals surface area contributed by atoms with Crippen molar-refractivity contribution in [1.29, 1.82) is 0 Å². The molecular formula is C12H14ClF2IN2O. The number of hydrogen-bond acceptors (Lipinski definition) is 2. The molecule has 0 saturated carbocycles. The van der Waals surface area contributed by atoms with Gasteiger partial charge in [0.1, 0.15) is 0 Å². The van der Waals surface area contributed by atoms with Gasteiger partial charge in [-0.2, -0.15) is 0 Å². The van der Waals surface area contributed by atoms with Crippen LogP contribution in [-0.4, -0.2) is 36.5 Å². The SMILES string of the molecule is C[C@H]1CNCCN1C(=O)c1cc(F)c(F)cc1I.Cl. The molecule has 1 N–H and O–H groups in total. The molecule has 0 aliphatic carbocycles. The van der Waals surface area contributed by atoms with Gasteiger partial charge in [0.05, 0.1) is 5.56 Å². The zero-order valence-corrected chi connectivity index (χ0v) is 13.2. The lowest BCUT2D eigenvalue weighted by Gasteiger charge is -2.34. The number of benzene rings is 1. The van der Waals surface area contributed by atoms with Crippen LogP contribution in [0.15, 0.2) is 12.1 Å². The van der Waals surface area contributed by atoms with Gasteiger partial charge in [-0.1, -0.05) is 0 Å². The van der Waals surface area contributed by atoms with Crippen LogP contribution in [0.4, 0.5) is 8.78 Å². The first-order valence-corrected chi connectivity index (χ1v) is 6.75. The molecule has 1 aromatic rings. The lowest BCUT2D eigenvalue weighted by atomic mass is 10.1. The van der Waals surface area contributed by atoms with E-state index in [2.05, 4.69) is 5.32 Å². The summed E-state index contributed by atoms with van der Waals surface area (Å²) in [5.74, 6) is -2.15. The van der Waals surface area contributed by atoms with E-state index in [9.17, 15) is 13.6 Å². The van der Waals surface area contributed by atoms with Crippen LogP contribution in [0.3, 0.4) is 0 Å². The molecule has 1 aliphatic heterocycles. The zero-order valence-electron chi connectivity index (χ0n) is 10.3. The van der Waals surface area contributed by atoms with E-state index in [0.717, 1.165) is 18.7 Å². The van der Waals surface area contributed by atoms with Gasteiger partial charge in [-0.15, -0.1) is 12.4 Å². The minimum absolute atomic E-state index is 0. The van der Waals surface area contributed by atoms with Crippen molar-refractivity contribution in [2.75, 3.05) is 19.6 Å². The standard InChI is InChI=1S/C12H13F2IN2O.ClH/c1-7-6-16-2-3-17(7)12(18)8-4-9(13)10(14)5-11(8)15;/h4-5,7,16H,2-3,6H2,1H3;1H/t7-;/m0./s1. The first kappa shape index (κ1) is 16.6. The number of piperazine rings is 1. The highest BCUT2D eigenvalue weighted by atomic mass is 127. The van der Waals surface area contributed by atoms with Crippen molar-refractivity contribution in [1.82, 2.24) is 10.2 Å². The van der Waals surface area contributed by atoms with E-state index in [0.29, 0.717) is 16.7 Å². The second kappa shape index (κ2) is 6.81. The number of carbonyl (C=O) groups is 1. The normalized spacial score (nSPS) is 18.9. The molecule has 0 radical (unpaired) electrons. The summed E-state index contributed by atoms with van der Waals surface area (Å²) in [5.41, 5.74) is 0.225. The Morgan fingerprint density at radius 3 is 2.68 bits per heavy atom. The summed E-state index contributed by atoms with van der Waals surface area (Å²) in [6.07, 6.45) is 0. The van der Waals surface area contributed by atoms with E-state index >= 15 is 0 Å². The van der Waals surface area contributed by atoms with Gasteiger partial charge in [-0.05, 0) is 41.6 Å². The molecule has 1 fully saturated rings. The fourth-order valence-corrected chi connectivity index (χ4v) is 2.64. The minimum atomic E-state index is -0.985. The van der Waals surface area contributed by atoms with Crippen molar-refractivity contribution < 1.29 is 13.6 Å². The van der Waals surface area contributed by atoms with E-state index in [4.69, 9.17) is 0 Å². The van der Waals surface area contributed by atoms with E-state index in [1.165, 1.54) is 0 Å². The minimum Gasteiger partial charge on any atom is -0.333 e. The van der Waals surface area contributed by atoms with E-state index in [1.54, 1.807) is 4.90 Å². The molecule has 19 heavy (non-hydrogen) atoms. The molecule has 0 bridgehead atoms. The highest BCUT2D eigenvalue weighted by Crippen LogP contribution is 2.20. The lowest BCUT2D eigenvalue weighted by Crippen LogP contribution is -2.52. The Balaban J connectivity index is 0.00000180. The first-order chi connectivity index (χ1) is 8.50. The van der Waals surface area contributed by atoms with Crippen molar-refractivity contribution in [2.24, 2.45) is 0 Å². The van der Waals surface area contributed by atoms with Crippen molar-refractivity contribution >= 4 is 40.9 Å². The zero-order chi connectivity index (χ0) is 13.3. The van der Waals surface area contributed by atoms with Gasteiger partial charge in [0.15, 0.2) is 11.6 Å². The number of halogens is 4. The Labute approximate surface area is 130 Å². The molecule has 1 saturated heterocycles. The molecule has 7 heteroatoms. The number of carbonyl (C=O) groups excluding carboxylic acids is 1. The van der Waals surface area contributed by atoms with E-state index < -0.39 is 11.6 Å². The molecule has 1 atom stereocenters. The second-order valence-corrected chi connectivity index (χ2v) is 5.46. The monoisotopic (exact) mass is 402 g/mol. The van der Waals surface area contributed by atoms with E-state index in [1.807, 2.05) is 29.5 Å². The van der Waals surface area contributed by atoms with Gasteiger partial charge in [0, 0.05) is 29.2 Å². The van der Waals surface area contributed by atoms with Crippen molar-refractivity contribution in [3.05, 3.63) is 32.9 Å². The maximum atomic E-state index is 13.2. The van der Waals surface area contributed by atoms with Crippen molar-refractivity contribution in [3.8, 4) is 0 Å². The number of rotatable bonds is 1. The molecule has 0 unspecified atom stereocenters. The topological polar surface area (TPSA) is 32.3 Å². The molecule has 1 heterocycles. The Morgan fingerprint density at radius 1 is 1.42 bits per heavy atom. The highest BCUT2D eigenvalue weighted by Gasteiger charge is 2.26. The lowest BCUT2D eigenvalue weighted by molar-refractivity contribution is 0.0654. The smallest absolute Gasteiger partial charge is 0.255 e. The Hall–Kier alpha value is -0.470. The van der Waals surface area contributed by atoms with Gasteiger partial charge in [-0.3, -0.25) is 4.79 Å². The Bertz CT molecular complexity index is 487. The summed E-state index contributed by atoms with van der Waals surface area (Å²) in [6.45, 7) is 3.94. The molecule has 1 aliphatic rings. The second-order valence-electron chi connectivity index (χ2n) is 4.30. The molecule has 3 nitrogen and oxygen atoms in total. The molecule has 106 valence electrons. The molecular weight excluding hydrogens is 388 g/mol. The summed E-state index contributed by atoms with van der Waals surface area (Å²) in [6, 6.07) is 2.08. The number of nitrogens with zero attached hydrogens (tertiary/aromatic N) is 1. The predicted molar refractivity (Wildman–Crippen MR) is 79.7 cm³/mol. The van der Waals surface area contributed by atoms with Crippen LogP contribution in [0.1, 0.15) is 17.3 Å². The van der Waals surface area contributed by atoms with Crippen LogP contribution in [0, 0.1) is 15.2 Å². The molecule has 0 aromatic heterocycles. The molecule has 1 amide bonds. The maximum Gasteiger partial charge on any atom is 0.255 e. The summed E-state index contributed by atoms with van der Waals surface area (Å²) in [4.78, 5) is 14.0. The van der Waals surface area contributed by atoms with Crippen LogP contribution in [-0.2, 0) is 0 Å². The summed E-state index contributed by atoms with van der Waals surface area (Å²) < 4.78 is 26.7. The quantitative estimate of drug-likeness (QED) is 0.578. The molecule has 1 aromatic carbocycles. The van der Waals surface area contributed by atoms with Crippen LogP contribution in [0.2, 0.25) is 0 Å². The summed E-state index contributed by atoms with van der Waals surface area (Å²) in [7, 11) is 0. The van der Waals surface area contributed by atoms with Crippen LogP contribution < -0.4 is 5.32 Å². The van der Waals surface area contributed by atoms with Gasteiger partial charge in [0.2, 0.25) is 0 Å². The molecule has 2 rings (SSSR count). The summed E-state index contributed by atoms with van der Waals surface area (Å²) in [5, 5.41) is 3.18. The van der Waals surface area contributed by atoms with Gasteiger partial charge in [0.25, 0.3) is 5.91 Å². The van der Waals surface area contributed by atoms with Gasteiger partial charge >= 0.3 is 0 Å². The number of hydrogen-bond donors (Lipinski definition) is 1. The maximum absolute atomic E-state index is 13.2. The highest BCUT2D eigenvalue weighted by molar-refractivity contribution is 14.1. The van der Waals surface area contributed by atoms with Crippen molar-refractivity contribution in [3.63, 3.8) is 0 Å². The average molecular weight is 403 g/mol. The Kier molecular flexibility index (Phi) is 5.94. The van der Waals surface area contributed by atoms with Crippen LogP contribution >= 0.6 is 35.0 Å². The van der Waals surface area contributed by atoms with E-state index in [-0.39, 0.29) is 29.9 Å². The van der Waals surface area contributed by atoms with Crippen LogP contribution in [0.25, 0.3) is 0 Å². The van der Waals surface area contributed by atoms with Gasteiger partial charge < -0.3 is 10.2 Å². The average Bonchev–Trinajstić information content (AvgIpc) is 2.33. The fourth-order valence-electron chi connectivity index (χ4n) is 1.98. The van der Waals surface area contributed by atoms with Crippen LogP contribution in [0.5, 0.6) is 0 Å². The third kappa shape index (κ3) is 3.55. The molecule has 0 spiro atoms. The third-order valence-electron chi connectivity index (χ3n) is 3.00. The number of amides is 1. The predicted octanol–water partition coefficient (Wildman–Crippen LogP) is 2.43. The number of nitrogens with one attached hydrogen (secondary N) is 1. The van der Waals surface area contributed by atoms with Crippen molar-refractivity contribution in [2.45, 2.75) is 13.0 Å². The largest absolute Gasteiger partial charge is 0.333 e. The fraction of sp³-hybridized carbons (Fsp3) is 0.417. The first-order valence-electron chi connectivity index (χ1n) is 5.67. The summed E-state index contributed by atoms with van der Waals surface area (Å²) >= 11 is 1.85.